The fraction of sp³-hybridized carbons (Fsp3) is 0.364. The van der Waals surface area contributed by atoms with E-state index in [1.807, 2.05) is 6.92 Å². The summed E-state index contributed by atoms with van der Waals surface area (Å²) >= 11 is 5.76. The van der Waals surface area contributed by atoms with Crippen LogP contribution in [0, 0.1) is 0 Å². The number of hydrogen-bond donors (Lipinski definition) is 2. The van der Waals surface area contributed by atoms with Crippen molar-refractivity contribution in [2.24, 2.45) is 10.9 Å². The Kier molecular flexibility index (Phi) is 4.92. The first-order chi connectivity index (χ1) is 7.65. The minimum absolute atomic E-state index is 0.0999. The normalized spacial score (nSPS) is 13.5. The van der Waals surface area contributed by atoms with E-state index >= 15 is 0 Å². The van der Waals surface area contributed by atoms with Crippen LogP contribution in [0.15, 0.2) is 29.4 Å². The van der Waals surface area contributed by atoms with Crippen LogP contribution in [-0.2, 0) is 0 Å². The van der Waals surface area contributed by atoms with E-state index in [0.29, 0.717) is 11.4 Å². The maximum Gasteiger partial charge on any atom is 0.142 e. The fourth-order valence-corrected chi connectivity index (χ4v) is 1.38. The Hall–Kier alpha value is -1.42. The van der Waals surface area contributed by atoms with E-state index in [-0.39, 0.29) is 11.9 Å². The summed E-state index contributed by atoms with van der Waals surface area (Å²) in [6.07, 6.45) is 1.08. The van der Waals surface area contributed by atoms with Crippen LogP contribution < -0.4 is 10.5 Å². The van der Waals surface area contributed by atoms with Crippen LogP contribution in [0.5, 0.6) is 5.75 Å². The number of amidine groups is 1. The molecule has 1 aromatic rings. The van der Waals surface area contributed by atoms with E-state index in [0.717, 1.165) is 12.2 Å². The van der Waals surface area contributed by atoms with Gasteiger partial charge in [-0.05, 0) is 30.7 Å². The molecular weight excluding hydrogens is 228 g/mol. The number of nitrogens with two attached hydrogens (primary N) is 1. The summed E-state index contributed by atoms with van der Waals surface area (Å²) in [6, 6.07) is 7.09. The van der Waals surface area contributed by atoms with Gasteiger partial charge in [-0.1, -0.05) is 23.7 Å². The summed E-state index contributed by atoms with van der Waals surface area (Å²) < 4.78 is 5.66. The molecule has 3 N–H and O–H groups in total. The lowest BCUT2D eigenvalue weighted by Gasteiger charge is -2.16. The predicted octanol–water partition coefficient (Wildman–Crippen LogP) is 2.63. The second-order valence-corrected chi connectivity index (χ2v) is 3.83. The van der Waals surface area contributed by atoms with Gasteiger partial charge in [0.15, 0.2) is 0 Å². The zero-order chi connectivity index (χ0) is 12.0. The Morgan fingerprint density at radius 2 is 2.12 bits per heavy atom. The van der Waals surface area contributed by atoms with Gasteiger partial charge in [-0.25, -0.2) is 0 Å². The molecule has 0 bridgehead atoms. The Balaban J connectivity index is 2.59. The van der Waals surface area contributed by atoms with Gasteiger partial charge in [-0.3, -0.25) is 0 Å². The average Bonchev–Trinajstić information content (AvgIpc) is 2.30. The van der Waals surface area contributed by atoms with E-state index in [4.69, 9.17) is 27.3 Å². The fourth-order valence-electron chi connectivity index (χ4n) is 1.25. The molecule has 1 rings (SSSR count). The summed E-state index contributed by atoms with van der Waals surface area (Å²) in [6.45, 7) is 1.98. The molecule has 16 heavy (non-hydrogen) atoms. The molecular formula is C11H15ClN2O2. The van der Waals surface area contributed by atoms with Crippen molar-refractivity contribution in [1.82, 2.24) is 0 Å². The van der Waals surface area contributed by atoms with E-state index in [2.05, 4.69) is 5.16 Å². The SMILES string of the molecule is CCC(C/C(N)=N/O)Oc1ccc(Cl)cc1. The maximum atomic E-state index is 8.47. The molecule has 0 aliphatic rings. The van der Waals surface area contributed by atoms with Gasteiger partial charge >= 0.3 is 0 Å². The van der Waals surface area contributed by atoms with Crippen molar-refractivity contribution in [3.63, 3.8) is 0 Å². The second kappa shape index (κ2) is 6.23. The molecule has 0 aliphatic heterocycles. The molecule has 0 spiro atoms. The van der Waals surface area contributed by atoms with Crippen molar-refractivity contribution in [1.29, 1.82) is 0 Å². The van der Waals surface area contributed by atoms with Crippen LogP contribution in [-0.4, -0.2) is 17.1 Å². The molecule has 1 atom stereocenters. The first-order valence-electron chi connectivity index (χ1n) is 5.04. The average molecular weight is 243 g/mol. The number of rotatable bonds is 5. The highest BCUT2D eigenvalue weighted by Gasteiger charge is 2.10. The minimum Gasteiger partial charge on any atom is -0.490 e. The molecule has 0 aromatic heterocycles. The largest absolute Gasteiger partial charge is 0.490 e. The van der Waals surface area contributed by atoms with Crippen LogP contribution in [0.25, 0.3) is 0 Å². The third-order valence-corrected chi connectivity index (χ3v) is 2.39. The highest BCUT2D eigenvalue weighted by atomic mass is 35.5. The van der Waals surface area contributed by atoms with Crippen LogP contribution in [0.1, 0.15) is 19.8 Å². The minimum atomic E-state index is -0.0999. The summed E-state index contributed by atoms with van der Waals surface area (Å²) in [5, 5.41) is 12.1. The molecule has 0 radical (unpaired) electrons. The van der Waals surface area contributed by atoms with Gasteiger partial charge in [0.05, 0.1) is 0 Å². The Morgan fingerprint density at radius 3 is 2.62 bits per heavy atom. The number of benzene rings is 1. The van der Waals surface area contributed by atoms with Gasteiger partial charge in [0.25, 0.3) is 0 Å². The second-order valence-electron chi connectivity index (χ2n) is 3.40. The lowest BCUT2D eigenvalue weighted by Crippen LogP contribution is -2.24. The van der Waals surface area contributed by atoms with Crippen molar-refractivity contribution < 1.29 is 9.94 Å². The van der Waals surface area contributed by atoms with Crippen LogP contribution >= 0.6 is 11.6 Å². The van der Waals surface area contributed by atoms with Crippen LogP contribution in [0.4, 0.5) is 0 Å². The quantitative estimate of drug-likeness (QED) is 0.361. The number of hydrogen-bond acceptors (Lipinski definition) is 3. The Morgan fingerprint density at radius 1 is 1.50 bits per heavy atom. The zero-order valence-electron chi connectivity index (χ0n) is 9.06. The van der Waals surface area contributed by atoms with E-state index < -0.39 is 0 Å². The van der Waals surface area contributed by atoms with Gasteiger partial charge in [0.1, 0.15) is 17.7 Å². The summed E-state index contributed by atoms with van der Waals surface area (Å²) in [7, 11) is 0. The van der Waals surface area contributed by atoms with Crippen molar-refractivity contribution >= 4 is 17.4 Å². The first kappa shape index (κ1) is 12.6. The summed E-state index contributed by atoms with van der Waals surface area (Å²) in [5.41, 5.74) is 5.43. The molecule has 5 heteroatoms. The lowest BCUT2D eigenvalue weighted by molar-refractivity contribution is 0.202. The molecule has 0 saturated carbocycles. The van der Waals surface area contributed by atoms with E-state index in [1.165, 1.54) is 0 Å². The van der Waals surface area contributed by atoms with Crippen molar-refractivity contribution in [3.05, 3.63) is 29.3 Å². The van der Waals surface area contributed by atoms with E-state index in [9.17, 15) is 0 Å². The van der Waals surface area contributed by atoms with Gasteiger partial charge in [-0.15, -0.1) is 0 Å². The van der Waals surface area contributed by atoms with Crippen LogP contribution in [0.3, 0.4) is 0 Å². The third kappa shape index (κ3) is 3.98. The highest BCUT2D eigenvalue weighted by molar-refractivity contribution is 6.30. The molecule has 0 amide bonds. The van der Waals surface area contributed by atoms with Crippen molar-refractivity contribution in [2.75, 3.05) is 0 Å². The molecule has 1 aromatic carbocycles. The molecule has 88 valence electrons. The van der Waals surface area contributed by atoms with Crippen molar-refractivity contribution in [3.8, 4) is 5.75 Å². The van der Waals surface area contributed by atoms with Gasteiger partial charge < -0.3 is 15.7 Å². The monoisotopic (exact) mass is 242 g/mol. The smallest absolute Gasteiger partial charge is 0.142 e. The number of oxime groups is 1. The first-order valence-corrected chi connectivity index (χ1v) is 5.42. The highest BCUT2D eigenvalue weighted by Crippen LogP contribution is 2.18. The molecule has 4 nitrogen and oxygen atoms in total. The van der Waals surface area contributed by atoms with Gasteiger partial charge in [0.2, 0.25) is 0 Å². The Bertz CT molecular complexity index is 352. The summed E-state index contributed by atoms with van der Waals surface area (Å²) in [5.74, 6) is 0.891. The van der Waals surface area contributed by atoms with Crippen molar-refractivity contribution in [2.45, 2.75) is 25.9 Å². The molecule has 0 fully saturated rings. The predicted molar refractivity (Wildman–Crippen MR) is 64.2 cm³/mol. The molecule has 1 unspecified atom stereocenters. The zero-order valence-corrected chi connectivity index (χ0v) is 9.81. The standard InChI is InChI=1S/C11H15ClN2O2/c1-2-9(7-11(13)14-15)16-10-5-3-8(12)4-6-10/h3-6,9,15H,2,7H2,1H3,(H2,13,14). The molecule has 0 aliphatic carbocycles. The number of ether oxygens (including phenoxy) is 1. The van der Waals surface area contributed by atoms with Gasteiger partial charge in [0, 0.05) is 11.4 Å². The van der Waals surface area contributed by atoms with Gasteiger partial charge in [-0.2, -0.15) is 0 Å². The topological polar surface area (TPSA) is 67.8 Å². The van der Waals surface area contributed by atoms with Crippen LogP contribution in [0.2, 0.25) is 5.02 Å². The summed E-state index contributed by atoms with van der Waals surface area (Å²) in [4.78, 5) is 0. The number of nitrogens with zero attached hydrogens (tertiary/aromatic N) is 1. The number of halogens is 1. The van der Waals surface area contributed by atoms with E-state index in [1.54, 1.807) is 24.3 Å². The molecule has 0 saturated heterocycles. The molecule has 0 heterocycles. The Labute approximate surface area is 99.7 Å². The maximum absolute atomic E-state index is 8.47. The third-order valence-electron chi connectivity index (χ3n) is 2.14. The lowest BCUT2D eigenvalue weighted by atomic mass is 10.2.